The summed E-state index contributed by atoms with van der Waals surface area (Å²) in [6.45, 7) is 1.99. The number of hydrogen-bond acceptors (Lipinski definition) is 1. The summed E-state index contributed by atoms with van der Waals surface area (Å²) in [7, 11) is 0. The van der Waals surface area contributed by atoms with Crippen LogP contribution in [0.5, 0.6) is 0 Å². The molecule has 1 aliphatic rings. The van der Waals surface area contributed by atoms with Crippen molar-refractivity contribution in [2.75, 3.05) is 0 Å². The first kappa shape index (κ1) is 8.95. The third-order valence-corrected chi connectivity index (χ3v) is 3.34. The Morgan fingerprint density at radius 2 is 2.15 bits per heavy atom. The molecule has 0 unspecified atom stereocenters. The van der Waals surface area contributed by atoms with Crippen molar-refractivity contribution in [2.45, 2.75) is 19.8 Å². The lowest BCUT2D eigenvalue weighted by Crippen LogP contribution is -2.03. The topological polar surface area (TPSA) is 17.1 Å². The normalized spacial score (nSPS) is 15.8. The summed E-state index contributed by atoms with van der Waals surface area (Å²) in [6.07, 6.45) is 2.15. The van der Waals surface area contributed by atoms with Crippen molar-refractivity contribution in [3.8, 4) is 0 Å². The summed E-state index contributed by atoms with van der Waals surface area (Å²) in [6, 6.07) is 5.81. The van der Waals surface area contributed by atoms with Gasteiger partial charge in [0.05, 0.1) is 0 Å². The van der Waals surface area contributed by atoms with Gasteiger partial charge in [0, 0.05) is 16.0 Å². The molecular formula is C11H11BrO. The molecule has 0 bridgehead atoms. The molecule has 0 radical (unpaired) electrons. The van der Waals surface area contributed by atoms with E-state index in [2.05, 4.69) is 15.9 Å². The van der Waals surface area contributed by atoms with Gasteiger partial charge in [-0.2, -0.15) is 0 Å². The van der Waals surface area contributed by atoms with E-state index in [9.17, 15) is 4.79 Å². The third-order valence-electron chi connectivity index (χ3n) is 2.48. The Morgan fingerprint density at radius 1 is 1.46 bits per heavy atom. The summed E-state index contributed by atoms with van der Waals surface area (Å²) in [5, 5.41) is 0. The molecule has 68 valence electrons. The van der Waals surface area contributed by atoms with E-state index in [0.717, 1.165) is 28.4 Å². The molecule has 1 aliphatic carbocycles. The highest BCUT2D eigenvalue weighted by Gasteiger charge is 2.31. The molecule has 1 saturated carbocycles. The quantitative estimate of drug-likeness (QED) is 0.723. The molecule has 2 rings (SSSR count). The highest BCUT2D eigenvalue weighted by atomic mass is 79.9. The molecule has 0 heterocycles. The number of rotatable bonds is 2. The number of benzene rings is 1. The molecule has 0 aromatic heterocycles. The van der Waals surface area contributed by atoms with E-state index in [1.165, 1.54) is 0 Å². The first-order chi connectivity index (χ1) is 6.20. The molecular weight excluding hydrogens is 228 g/mol. The first-order valence-corrected chi connectivity index (χ1v) is 5.29. The predicted molar refractivity (Wildman–Crippen MR) is 55.9 cm³/mol. The van der Waals surface area contributed by atoms with Crippen LogP contribution in [0.25, 0.3) is 0 Å². The van der Waals surface area contributed by atoms with E-state index in [0.29, 0.717) is 11.7 Å². The van der Waals surface area contributed by atoms with Gasteiger partial charge in [-0.05, 0) is 31.4 Å². The Bertz CT molecular complexity index is 353. The monoisotopic (exact) mass is 238 g/mol. The smallest absolute Gasteiger partial charge is 0.166 e. The fourth-order valence-electron chi connectivity index (χ4n) is 1.44. The zero-order valence-electron chi connectivity index (χ0n) is 7.51. The van der Waals surface area contributed by atoms with E-state index in [-0.39, 0.29) is 0 Å². The first-order valence-electron chi connectivity index (χ1n) is 4.49. The lowest BCUT2D eigenvalue weighted by Gasteiger charge is -2.04. The fourth-order valence-corrected chi connectivity index (χ4v) is 1.81. The van der Waals surface area contributed by atoms with E-state index >= 15 is 0 Å². The molecule has 0 aliphatic heterocycles. The van der Waals surface area contributed by atoms with Gasteiger partial charge in [0.2, 0.25) is 0 Å². The second-order valence-electron chi connectivity index (χ2n) is 3.55. The summed E-state index contributed by atoms with van der Waals surface area (Å²) < 4.78 is 1.03. The summed E-state index contributed by atoms with van der Waals surface area (Å²) in [4.78, 5) is 11.8. The van der Waals surface area contributed by atoms with Gasteiger partial charge in [-0.25, -0.2) is 0 Å². The van der Waals surface area contributed by atoms with Gasteiger partial charge >= 0.3 is 0 Å². The van der Waals surface area contributed by atoms with Gasteiger partial charge in [0.1, 0.15) is 0 Å². The number of carbonyl (C=O) groups excluding carboxylic acids is 1. The van der Waals surface area contributed by atoms with Crippen molar-refractivity contribution in [3.63, 3.8) is 0 Å². The maximum absolute atomic E-state index is 11.8. The van der Waals surface area contributed by atoms with Crippen LogP contribution < -0.4 is 0 Å². The minimum atomic E-state index is 0.313. The lowest BCUT2D eigenvalue weighted by molar-refractivity contribution is 0.0967. The molecule has 0 spiro atoms. The van der Waals surface area contributed by atoms with E-state index in [1.807, 2.05) is 25.1 Å². The molecule has 1 nitrogen and oxygen atoms in total. The minimum Gasteiger partial charge on any atom is -0.294 e. The number of Topliss-reactive ketones (excluding diaryl/α,β-unsaturated/α-hetero) is 1. The van der Waals surface area contributed by atoms with Crippen LogP contribution in [0.1, 0.15) is 28.8 Å². The molecule has 1 aromatic carbocycles. The summed E-state index contributed by atoms with van der Waals surface area (Å²) in [5.41, 5.74) is 1.95. The zero-order valence-corrected chi connectivity index (χ0v) is 9.10. The molecule has 1 fully saturated rings. The van der Waals surface area contributed by atoms with Crippen LogP contribution in [-0.4, -0.2) is 5.78 Å². The molecule has 13 heavy (non-hydrogen) atoms. The van der Waals surface area contributed by atoms with Crippen LogP contribution in [-0.2, 0) is 0 Å². The maximum atomic E-state index is 11.8. The third kappa shape index (κ3) is 1.68. The Balaban J connectivity index is 2.38. The van der Waals surface area contributed by atoms with Gasteiger partial charge in [0.25, 0.3) is 0 Å². The molecule has 0 N–H and O–H groups in total. The van der Waals surface area contributed by atoms with E-state index in [4.69, 9.17) is 0 Å². The van der Waals surface area contributed by atoms with Crippen molar-refractivity contribution >= 4 is 21.7 Å². The average Bonchev–Trinajstić information content (AvgIpc) is 2.91. The molecule has 0 amide bonds. The fraction of sp³-hybridized carbons (Fsp3) is 0.364. The van der Waals surface area contributed by atoms with Gasteiger partial charge in [-0.3, -0.25) is 4.79 Å². The Labute approximate surface area is 86.3 Å². The van der Waals surface area contributed by atoms with Crippen molar-refractivity contribution in [2.24, 2.45) is 5.92 Å². The number of carbonyl (C=O) groups is 1. The van der Waals surface area contributed by atoms with E-state index in [1.54, 1.807) is 0 Å². The van der Waals surface area contributed by atoms with Crippen LogP contribution in [0.3, 0.4) is 0 Å². The van der Waals surface area contributed by atoms with Crippen molar-refractivity contribution < 1.29 is 4.79 Å². The van der Waals surface area contributed by atoms with Gasteiger partial charge in [0.15, 0.2) is 5.78 Å². The summed E-state index contributed by atoms with van der Waals surface area (Å²) >= 11 is 3.43. The largest absolute Gasteiger partial charge is 0.294 e. The highest BCUT2D eigenvalue weighted by molar-refractivity contribution is 9.10. The van der Waals surface area contributed by atoms with Crippen LogP contribution in [0.4, 0.5) is 0 Å². The second kappa shape index (κ2) is 3.26. The summed E-state index contributed by atoms with van der Waals surface area (Å²) in [5.74, 6) is 0.631. The molecule has 2 heteroatoms. The standard InChI is InChI=1S/C11H11BrO/c1-7-9(3-2-4-10(7)12)11(13)8-5-6-8/h2-4,8H,5-6H2,1H3. The predicted octanol–water partition coefficient (Wildman–Crippen LogP) is 3.35. The zero-order chi connectivity index (χ0) is 9.42. The average molecular weight is 239 g/mol. The number of ketones is 1. The number of halogens is 1. The van der Waals surface area contributed by atoms with E-state index < -0.39 is 0 Å². The minimum absolute atomic E-state index is 0.313. The molecule has 0 saturated heterocycles. The highest BCUT2D eigenvalue weighted by Crippen LogP contribution is 2.34. The van der Waals surface area contributed by atoms with Gasteiger partial charge in [-0.15, -0.1) is 0 Å². The van der Waals surface area contributed by atoms with Crippen molar-refractivity contribution in [1.82, 2.24) is 0 Å². The Kier molecular flexibility index (Phi) is 2.24. The van der Waals surface area contributed by atoms with Crippen molar-refractivity contribution in [3.05, 3.63) is 33.8 Å². The SMILES string of the molecule is Cc1c(Br)cccc1C(=O)C1CC1. The Morgan fingerprint density at radius 3 is 2.77 bits per heavy atom. The molecule has 1 aromatic rings. The number of hydrogen-bond donors (Lipinski definition) is 0. The van der Waals surface area contributed by atoms with Crippen LogP contribution in [0.2, 0.25) is 0 Å². The Hall–Kier alpha value is -0.630. The van der Waals surface area contributed by atoms with Gasteiger partial charge in [-0.1, -0.05) is 28.1 Å². The van der Waals surface area contributed by atoms with Crippen LogP contribution in [0, 0.1) is 12.8 Å². The van der Waals surface area contributed by atoms with Crippen LogP contribution in [0.15, 0.2) is 22.7 Å². The second-order valence-corrected chi connectivity index (χ2v) is 4.41. The maximum Gasteiger partial charge on any atom is 0.166 e. The molecule has 0 atom stereocenters. The van der Waals surface area contributed by atoms with Crippen LogP contribution >= 0.6 is 15.9 Å². The van der Waals surface area contributed by atoms with Gasteiger partial charge < -0.3 is 0 Å². The van der Waals surface area contributed by atoms with Crippen molar-refractivity contribution in [1.29, 1.82) is 0 Å². The lowest BCUT2D eigenvalue weighted by atomic mass is 10.0.